The Labute approximate surface area is 134 Å². The van der Waals surface area contributed by atoms with Crippen molar-refractivity contribution in [2.45, 2.75) is 24.3 Å². The third-order valence-electron chi connectivity index (χ3n) is 3.08. The number of para-hydroxylation sites is 1. The molecule has 1 aromatic heterocycles. The number of amides is 2. The molecular weight excluding hydrogens is 300 g/mol. The second-order valence-corrected chi connectivity index (χ2v) is 6.29. The highest BCUT2D eigenvalue weighted by atomic mass is 32.2. The van der Waals surface area contributed by atoms with Gasteiger partial charge in [0, 0.05) is 4.90 Å². The smallest absolute Gasteiger partial charge is 0.319 e. The first-order valence-corrected chi connectivity index (χ1v) is 8.04. The Morgan fingerprint density at radius 1 is 1.32 bits per heavy atom. The minimum absolute atomic E-state index is 0.0510. The van der Waals surface area contributed by atoms with E-state index in [0.717, 1.165) is 16.3 Å². The van der Waals surface area contributed by atoms with Crippen molar-refractivity contribution in [3.63, 3.8) is 0 Å². The van der Waals surface area contributed by atoms with Crippen LogP contribution >= 0.6 is 11.8 Å². The van der Waals surface area contributed by atoms with Gasteiger partial charge in [-0.05, 0) is 36.9 Å². The molecule has 22 heavy (non-hydrogen) atoms. The van der Waals surface area contributed by atoms with E-state index in [0.29, 0.717) is 5.76 Å². The molecule has 0 radical (unpaired) electrons. The molecule has 2 aromatic rings. The molecule has 1 aromatic carbocycles. The maximum atomic E-state index is 12.0. The summed E-state index contributed by atoms with van der Waals surface area (Å²) >= 11 is 1.66. The van der Waals surface area contributed by atoms with Gasteiger partial charge in [0.1, 0.15) is 11.4 Å². The van der Waals surface area contributed by atoms with E-state index in [1.807, 2.05) is 24.3 Å². The summed E-state index contributed by atoms with van der Waals surface area (Å²) < 4.78 is 5.17. The van der Waals surface area contributed by atoms with Gasteiger partial charge in [-0.25, -0.2) is 4.79 Å². The van der Waals surface area contributed by atoms with Gasteiger partial charge in [0.2, 0.25) is 0 Å². The van der Waals surface area contributed by atoms with Crippen LogP contribution in [0.3, 0.4) is 0 Å². The minimum Gasteiger partial charge on any atom is -0.466 e. The third-order valence-corrected chi connectivity index (χ3v) is 4.04. The average molecular weight is 320 g/mol. The van der Waals surface area contributed by atoms with Gasteiger partial charge >= 0.3 is 6.03 Å². The molecule has 0 aliphatic heterocycles. The van der Waals surface area contributed by atoms with Gasteiger partial charge in [0.25, 0.3) is 0 Å². The van der Waals surface area contributed by atoms with Crippen LogP contribution in [0.25, 0.3) is 0 Å². The standard InChI is InChI=1S/C16H20N2O3S/c1-3-22-13-8-5-4-7-12(13)18-15(19)17-11-16(2,20)14-9-6-10-21-14/h4-10,20H,3,11H2,1-2H3,(H2,17,18,19). The number of furan rings is 1. The van der Waals surface area contributed by atoms with E-state index in [1.54, 1.807) is 30.8 Å². The van der Waals surface area contributed by atoms with Crippen molar-refractivity contribution < 1.29 is 14.3 Å². The highest BCUT2D eigenvalue weighted by Gasteiger charge is 2.26. The molecule has 118 valence electrons. The molecule has 1 unspecified atom stereocenters. The van der Waals surface area contributed by atoms with Crippen LogP contribution < -0.4 is 10.6 Å². The van der Waals surface area contributed by atoms with Crippen LogP contribution in [0.15, 0.2) is 52.0 Å². The zero-order chi connectivity index (χ0) is 16.0. The molecule has 5 nitrogen and oxygen atoms in total. The first-order valence-electron chi connectivity index (χ1n) is 7.06. The van der Waals surface area contributed by atoms with Crippen LogP contribution in [-0.2, 0) is 5.60 Å². The molecule has 1 heterocycles. The Kier molecular flexibility index (Phi) is 5.51. The van der Waals surface area contributed by atoms with Crippen molar-refractivity contribution in [2.75, 3.05) is 17.6 Å². The number of hydrogen-bond donors (Lipinski definition) is 3. The average Bonchev–Trinajstić information content (AvgIpc) is 3.03. The SMILES string of the molecule is CCSc1ccccc1NC(=O)NCC(C)(O)c1ccco1. The van der Waals surface area contributed by atoms with Crippen molar-refractivity contribution in [3.05, 3.63) is 48.4 Å². The molecule has 6 heteroatoms. The van der Waals surface area contributed by atoms with Crippen molar-refractivity contribution in [2.24, 2.45) is 0 Å². The monoisotopic (exact) mass is 320 g/mol. The molecule has 0 saturated carbocycles. The Morgan fingerprint density at radius 2 is 2.09 bits per heavy atom. The van der Waals surface area contributed by atoms with E-state index in [2.05, 4.69) is 17.6 Å². The van der Waals surface area contributed by atoms with Crippen molar-refractivity contribution in [1.82, 2.24) is 5.32 Å². The maximum absolute atomic E-state index is 12.0. The van der Waals surface area contributed by atoms with Crippen LogP contribution in [-0.4, -0.2) is 23.4 Å². The van der Waals surface area contributed by atoms with Gasteiger partial charge in [0.15, 0.2) is 0 Å². The van der Waals surface area contributed by atoms with Crippen molar-refractivity contribution >= 4 is 23.5 Å². The number of carbonyl (C=O) groups is 1. The number of anilines is 1. The number of carbonyl (C=O) groups excluding carboxylic acids is 1. The number of urea groups is 1. The summed E-state index contributed by atoms with van der Waals surface area (Å²) in [6.45, 7) is 3.70. The van der Waals surface area contributed by atoms with E-state index in [-0.39, 0.29) is 12.6 Å². The van der Waals surface area contributed by atoms with Gasteiger partial charge in [-0.2, -0.15) is 0 Å². The quantitative estimate of drug-likeness (QED) is 0.713. The molecule has 1 atom stereocenters. The Hall–Kier alpha value is -1.92. The highest BCUT2D eigenvalue weighted by molar-refractivity contribution is 7.99. The van der Waals surface area contributed by atoms with Crippen LogP contribution in [0.1, 0.15) is 19.6 Å². The zero-order valence-corrected chi connectivity index (χ0v) is 13.4. The van der Waals surface area contributed by atoms with E-state index in [1.165, 1.54) is 6.26 Å². The fourth-order valence-corrected chi connectivity index (χ4v) is 2.70. The van der Waals surface area contributed by atoms with Gasteiger partial charge in [-0.15, -0.1) is 11.8 Å². The summed E-state index contributed by atoms with van der Waals surface area (Å²) in [5, 5.41) is 15.7. The Morgan fingerprint density at radius 3 is 2.77 bits per heavy atom. The lowest BCUT2D eigenvalue weighted by Crippen LogP contribution is -2.40. The number of benzene rings is 1. The molecule has 0 aliphatic carbocycles. The van der Waals surface area contributed by atoms with Crippen LogP contribution in [0.4, 0.5) is 10.5 Å². The maximum Gasteiger partial charge on any atom is 0.319 e. The van der Waals surface area contributed by atoms with Crippen LogP contribution in [0.5, 0.6) is 0 Å². The second-order valence-electron chi connectivity index (χ2n) is 4.99. The second kappa shape index (κ2) is 7.38. The van der Waals surface area contributed by atoms with Gasteiger partial charge in [-0.1, -0.05) is 19.1 Å². The summed E-state index contributed by atoms with van der Waals surface area (Å²) in [7, 11) is 0. The molecule has 2 amide bonds. The molecule has 2 rings (SSSR count). The first kappa shape index (κ1) is 16.5. The third kappa shape index (κ3) is 4.29. The lowest BCUT2D eigenvalue weighted by Gasteiger charge is -2.21. The van der Waals surface area contributed by atoms with Crippen LogP contribution in [0.2, 0.25) is 0 Å². The molecule has 0 spiro atoms. The summed E-state index contributed by atoms with van der Waals surface area (Å²) in [6.07, 6.45) is 1.49. The molecule has 0 fully saturated rings. The van der Waals surface area contributed by atoms with Crippen molar-refractivity contribution in [1.29, 1.82) is 0 Å². The lowest BCUT2D eigenvalue weighted by atomic mass is 10.0. The minimum atomic E-state index is -1.25. The number of nitrogens with one attached hydrogen (secondary N) is 2. The van der Waals surface area contributed by atoms with E-state index >= 15 is 0 Å². The fraction of sp³-hybridized carbons (Fsp3) is 0.312. The highest BCUT2D eigenvalue weighted by Crippen LogP contribution is 2.26. The molecule has 0 saturated heterocycles. The van der Waals surface area contributed by atoms with Crippen LogP contribution in [0, 0.1) is 0 Å². The normalized spacial score (nSPS) is 13.4. The van der Waals surface area contributed by atoms with Gasteiger partial charge < -0.3 is 20.2 Å². The largest absolute Gasteiger partial charge is 0.466 e. The number of rotatable bonds is 6. The van der Waals surface area contributed by atoms with E-state index in [9.17, 15) is 9.90 Å². The summed E-state index contributed by atoms with van der Waals surface area (Å²) in [4.78, 5) is 13.0. The lowest BCUT2D eigenvalue weighted by molar-refractivity contribution is 0.0372. The first-order chi connectivity index (χ1) is 10.5. The van der Waals surface area contributed by atoms with Gasteiger partial charge in [0.05, 0.1) is 18.5 Å². The molecule has 0 bridgehead atoms. The predicted molar refractivity (Wildman–Crippen MR) is 88.1 cm³/mol. The summed E-state index contributed by atoms with van der Waals surface area (Å²) in [5.74, 6) is 1.34. The number of thioether (sulfide) groups is 1. The summed E-state index contributed by atoms with van der Waals surface area (Å²) in [6, 6.07) is 10.6. The van der Waals surface area contributed by atoms with Crippen molar-refractivity contribution in [3.8, 4) is 0 Å². The Bertz CT molecular complexity index is 612. The number of aliphatic hydroxyl groups is 1. The van der Waals surface area contributed by atoms with E-state index in [4.69, 9.17) is 4.42 Å². The van der Waals surface area contributed by atoms with Gasteiger partial charge in [-0.3, -0.25) is 0 Å². The Balaban J connectivity index is 1.94. The fourth-order valence-electron chi connectivity index (χ4n) is 1.94. The molecule has 0 aliphatic rings. The molecular formula is C16H20N2O3S. The zero-order valence-electron chi connectivity index (χ0n) is 12.6. The predicted octanol–water partition coefficient (Wildman–Crippen LogP) is 3.42. The molecule has 3 N–H and O–H groups in total. The summed E-state index contributed by atoms with van der Waals surface area (Å²) in [5.41, 5.74) is -0.497. The van der Waals surface area contributed by atoms with E-state index < -0.39 is 5.60 Å². The topological polar surface area (TPSA) is 74.5 Å². The number of hydrogen-bond acceptors (Lipinski definition) is 4.